The molecule has 5 rings (SSSR count). The molecule has 8 heteroatoms. The largest absolute Gasteiger partial charge is 0.351 e. The Balaban J connectivity index is 1.40. The van der Waals surface area contributed by atoms with Crippen LogP contribution in [0.25, 0.3) is 11.0 Å². The van der Waals surface area contributed by atoms with Gasteiger partial charge < -0.3 is 10.6 Å². The average Bonchev–Trinajstić information content (AvgIpc) is 3.34. The van der Waals surface area contributed by atoms with Crippen LogP contribution >= 0.6 is 0 Å². The van der Waals surface area contributed by atoms with E-state index in [0.29, 0.717) is 29.2 Å². The van der Waals surface area contributed by atoms with Gasteiger partial charge in [0.1, 0.15) is 5.65 Å². The molecule has 3 aliphatic rings. The summed E-state index contributed by atoms with van der Waals surface area (Å²) in [5.41, 5.74) is 1.45. The molecule has 2 aliphatic carbocycles. The number of anilines is 1. The first kappa shape index (κ1) is 22.5. The molecule has 2 saturated carbocycles. The predicted molar refractivity (Wildman–Crippen MR) is 130 cm³/mol. The Morgan fingerprint density at radius 3 is 2.42 bits per heavy atom. The molecule has 8 nitrogen and oxygen atoms in total. The Morgan fingerprint density at radius 2 is 1.76 bits per heavy atom. The van der Waals surface area contributed by atoms with Gasteiger partial charge in [0.2, 0.25) is 5.95 Å². The third kappa shape index (κ3) is 4.43. The molecule has 0 amide bonds. The zero-order valence-corrected chi connectivity index (χ0v) is 19.9. The maximum atomic E-state index is 13.4. The number of fused-ring (bicyclic) bond motifs is 1. The lowest BCUT2D eigenvalue weighted by molar-refractivity contribution is 0.101. The number of rotatable bonds is 5. The quantitative estimate of drug-likeness (QED) is 0.674. The van der Waals surface area contributed by atoms with Crippen molar-refractivity contribution in [1.29, 1.82) is 0 Å². The summed E-state index contributed by atoms with van der Waals surface area (Å²) in [5.74, 6) is 0.406. The van der Waals surface area contributed by atoms with Crippen molar-refractivity contribution in [2.24, 2.45) is 0 Å². The van der Waals surface area contributed by atoms with Crippen molar-refractivity contribution in [1.82, 2.24) is 24.8 Å². The van der Waals surface area contributed by atoms with E-state index in [4.69, 9.17) is 4.98 Å². The Morgan fingerprint density at radius 1 is 1.06 bits per heavy atom. The van der Waals surface area contributed by atoms with Crippen LogP contribution in [0.1, 0.15) is 80.3 Å². The van der Waals surface area contributed by atoms with Gasteiger partial charge in [0, 0.05) is 55.9 Å². The second kappa shape index (κ2) is 9.50. The fourth-order valence-corrected chi connectivity index (χ4v) is 6.13. The molecule has 0 atom stereocenters. The first-order chi connectivity index (χ1) is 16.0. The number of nitrogens with zero attached hydrogens (tertiary/aromatic N) is 4. The molecule has 33 heavy (non-hydrogen) atoms. The maximum Gasteiger partial charge on any atom is 0.263 e. The van der Waals surface area contributed by atoms with Crippen LogP contribution in [0.5, 0.6) is 0 Å². The number of ketones is 1. The lowest BCUT2D eigenvalue weighted by Gasteiger charge is -2.39. The van der Waals surface area contributed by atoms with E-state index in [0.717, 1.165) is 70.1 Å². The van der Waals surface area contributed by atoms with E-state index in [2.05, 4.69) is 20.5 Å². The molecular formula is C25H36N6O2. The van der Waals surface area contributed by atoms with Gasteiger partial charge in [0.25, 0.3) is 5.56 Å². The average molecular weight is 453 g/mol. The fourth-order valence-electron chi connectivity index (χ4n) is 6.13. The van der Waals surface area contributed by atoms with Crippen molar-refractivity contribution in [2.45, 2.75) is 83.3 Å². The van der Waals surface area contributed by atoms with Crippen LogP contribution in [-0.2, 0) is 0 Å². The molecule has 2 aromatic rings. The van der Waals surface area contributed by atoms with Gasteiger partial charge >= 0.3 is 0 Å². The first-order valence-electron chi connectivity index (χ1n) is 12.7. The molecule has 0 aromatic carbocycles. The molecule has 3 heterocycles. The Hall–Kier alpha value is -2.32. The number of hydrogen-bond donors (Lipinski definition) is 2. The van der Waals surface area contributed by atoms with Crippen molar-refractivity contribution in [3.8, 4) is 0 Å². The van der Waals surface area contributed by atoms with E-state index in [1.165, 1.54) is 19.8 Å². The summed E-state index contributed by atoms with van der Waals surface area (Å²) in [5, 5.41) is 7.80. The van der Waals surface area contributed by atoms with E-state index >= 15 is 0 Å². The standard InChI is InChI=1S/C25H36N6O2/c1-16-21-15-27-25(28-18-7-9-19(10-8-18)30-13-11-26-12-14-30)29-23(21)31(20-5-3-4-6-20)24(33)22(16)17(2)32/h15,18-20,26H,3-14H2,1-2H3,(H,27,28,29). The highest BCUT2D eigenvalue weighted by Gasteiger charge is 2.28. The normalized spacial score (nSPS) is 24.9. The van der Waals surface area contributed by atoms with Gasteiger partial charge in [-0.1, -0.05) is 12.8 Å². The van der Waals surface area contributed by atoms with Crippen molar-refractivity contribution in [3.63, 3.8) is 0 Å². The van der Waals surface area contributed by atoms with Gasteiger partial charge in [-0.3, -0.25) is 19.1 Å². The minimum Gasteiger partial charge on any atom is -0.351 e. The zero-order chi connectivity index (χ0) is 22.9. The molecule has 1 saturated heterocycles. The van der Waals surface area contributed by atoms with Crippen LogP contribution in [0.15, 0.2) is 11.0 Å². The van der Waals surface area contributed by atoms with Gasteiger partial charge in [0.05, 0.1) is 5.56 Å². The van der Waals surface area contributed by atoms with Crippen molar-refractivity contribution in [3.05, 3.63) is 27.7 Å². The molecule has 2 aromatic heterocycles. The minimum absolute atomic E-state index is 0.107. The van der Waals surface area contributed by atoms with Gasteiger partial charge in [0.15, 0.2) is 5.78 Å². The number of aromatic nitrogens is 3. The topological polar surface area (TPSA) is 92.2 Å². The highest BCUT2D eigenvalue weighted by Crippen LogP contribution is 2.32. The summed E-state index contributed by atoms with van der Waals surface area (Å²) >= 11 is 0. The van der Waals surface area contributed by atoms with E-state index in [9.17, 15) is 9.59 Å². The highest BCUT2D eigenvalue weighted by molar-refractivity contribution is 5.99. The maximum absolute atomic E-state index is 13.4. The van der Waals surface area contributed by atoms with Gasteiger partial charge in [-0.25, -0.2) is 4.98 Å². The second-order valence-electron chi connectivity index (χ2n) is 10.0. The summed E-state index contributed by atoms with van der Waals surface area (Å²) in [6.45, 7) is 7.80. The number of hydrogen-bond acceptors (Lipinski definition) is 7. The number of carbonyl (C=O) groups is 1. The van der Waals surface area contributed by atoms with Crippen molar-refractivity contribution < 1.29 is 4.79 Å². The number of Topliss-reactive ketones (excluding diaryl/α,β-unsaturated/α-hetero) is 1. The summed E-state index contributed by atoms with van der Waals surface area (Å²) in [6.07, 6.45) is 10.5. The summed E-state index contributed by atoms with van der Waals surface area (Å²) in [6, 6.07) is 1.14. The lowest BCUT2D eigenvalue weighted by Crippen LogP contribution is -2.50. The van der Waals surface area contributed by atoms with E-state index < -0.39 is 0 Å². The third-order valence-electron chi connectivity index (χ3n) is 7.95. The van der Waals surface area contributed by atoms with E-state index in [1.807, 2.05) is 6.92 Å². The van der Waals surface area contributed by atoms with Gasteiger partial charge in [-0.15, -0.1) is 0 Å². The number of nitrogens with one attached hydrogen (secondary N) is 2. The molecule has 3 fully saturated rings. The molecule has 2 N–H and O–H groups in total. The number of carbonyl (C=O) groups excluding carboxylic acids is 1. The van der Waals surface area contributed by atoms with Crippen molar-refractivity contribution >= 4 is 22.8 Å². The van der Waals surface area contributed by atoms with Crippen LogP contribution in [-0.4, -0.2) is 63.5 Å². The second-order valence-corrected chi connectivity index (χ2v) is 10.0. The van der Waals surface area contributed by atoms with Gasteiger partial charge in [-0.2, -0.15) is 4.98 Å². The lowest BCUT2D eigenvalue weighted by atomic mass is 9.90. The van der Waals surface area contributed by atoms with Gasteiger partial charge in [-0.05, 0) is 57.9 Å². The molecule has 1 aliphatic heterocycles. The smallest absolute Gasteiger partial charge is 0.263 e. The molecule has 0 bridgehead atoms. The highest BCUT2D eigenvalue weighted by atomic mass is 16.1. The van der Waals surface area contributed by atoms with Crippen LogP contribution in [0.3, 0.4) is 0 Å². The van der Waals surface area contributed by atoms with E-state index in [-0.39, 0.29) is 22.9 Å². The summed E-state index contributed by atoms with van der Waals surface area (Å²) in [4.78, 5) is 37.8. The molecular weight excluding hydrogens is 416 g/mol. The molecule has 0 radical (unpaired) electrons. The van der Waals surface area contributed by atoms with Crippen LogP contribution in [0.2, 0.25) is 0 Å². The predicted octanol–water partition coefficient (Wildman–Crippen LogP) is 3.05. The fraction of sp³-hybridized carbons (Fsp3) is 0.680. The Bertz CT molecular complexity index is 1080. The monoisotopic (exact) mass is 452 g/mol. The Labute approximate surface area is 195 Å². The number of piperazine rings is 1. The SMILES string of the molecule is CC(=O)c1c(C)c2cnc(NC3CCC(N4CCNCC4)CC3)nc2n(C2CCCC2)c1=O. The first-order valence-corrected chi connectivity index (χ1v) is 12.7. The number of pyridine rings is 1. The van der Waals surface area contributed by atoms with Crippen molar-refractivity contribution in [2.75, 3.05) is 31.5 Å². The molecule has 0 unspecified atom stereocenters. The Kier molecular flexibility index (Phi) is 6.47. The van der Waals surface area contributed by atoms with Crippen LogP contribution in [0, 0.1) is 6.92 Å². The summed E-state index contributed by atoms with van der Waals surface area (Å²) < 4.78 is 1.79. The third-order valence-corrected chi connectivity index (χ3v) is 7.95. The molecule has 178 valence electrons. The van der Waals surface area contributed by atoms with Crippen LogP contribution in [0.4, 0.5) is 5.95 Å². The minimum atomic E-state index is -0.194. The summed E-state index contributed by atoms with van der Waals surface area (Å²) in [7, 11) is 0. The number of aryl methyl sites for hydroxylation is 1. The zero-order valence-electron chi connectivity index (χ0n) is 19.9. The van der Waals surface area contributed by atoms with Crippen LogP contribution < -0.4 is 16.2 Å². The molecule has 0 spiro atoms. The van der Waals surface area contributed by atoms with E-state index in [1.54, 1.807) is 10.8 Å².